The second-order valence-corrected chi connectivity index (χ2v) is 23.3. The second kappa shape index (κ2) is 35.5. The van der Waals surface area contributed by atoms with Crippen molar-refractivity contribution < 1.29 is 55.7 Å². The summed E-state index contributed by atoms with van der Waals surface area (Å²) >= 11 is 11.6. The van der Waals surface area contributed by atoms with Gasteiger partial charge in [0.1, 0.15) is 49.2 Å². The van der Waals surface area contributed by atoms with E-state index in [-0.39, 0.29) is 81.5 Å². The molecule has 4 aliphatic rings. The number of nitrogens with zero attached hydrogens (tertiary/aromatic N) is 9. The molecule has 0 saturated heterocycles. The summed E-state index contributed by atoms with van der Waals surface area (Å²) in [5.41, 5.74) is 29.0. The number of aromatic nitrogens is 4. The molecule has 8 heterocycles. The maximum atomic E-state index is 13.5. The molecule has 0 fully saturated rings. The van der Waals surface area contributed by atoms with Gasteiger partial charge < -0.3 is 63.1 Å². The van der Waals surface area contributed by atoms with Gasteiger partial charge in [-0.25, -0.2) is 39.3 Å². The molecule has 0 spiro atoms. The minimum Gasteiger partial charge on any atom is -0.463 e. The summed E-state index contributed by atoms with van der Waals surface area (Å²) in [6.07, 6.45) is 10.1. The number of hydrogen-bond donors (Lipinski definition) is 8. The van der Waals surface area contributed by atoms with Crippen LogP contribution in [-0.4, -0.2) is 118 Å². The van der Waals surface area contributed by atoms with E-state index < -0.39 is 41.0 Å². The predicted molar refractivity (Wildman–Crippen MR) is 368 cm³/mol. The number of hydrogen-bond acceptors (Lipinski definition) is 21. The predicted octanol–water partition coefficient (Wildman–Crippen LogP) is 9.65. The largest absolute Gasteiger partial charge is 0.463 e. The first kappa shape index (κ1) is 72.5. The van der Waals surface area contributed by atoms with Crippen molar-refractivity contribution in [2.75, 3.05) is 47.7 Å². The number of aliphatic imine (C=N–C) groups is 4. The van der Waals surface area contributed by atoms with E-state index in [0.29, 0.717) is 66.5 Å². The normalized spacial score (nSPS) is 16.1. The number of rotatable bonds is 20. The third-order valence-corrected chi connectivity index (χ3v) is 15.8. The molecule has 12 N–H and O–H groups in total. The molecule has 12 rings (SSSR count). The van der Waals surface area contributed by atoms with E-state index in [2.05, 4.69) is 61.2 Å². The third kappa shape index (κ3) is 22.4. The summed E-state index contributed by atoms with van der Waals surface area (Å²) in [4.78, 5) is 79.0. The van der Waals surface area contributed by atoms with Gasteiger partial charge in [0.15, 0.2) is 0 Å². The average molecular weight is 1410 g/mol. The van der Waals surface area contributed by atoms with Crippen molar-refractivity contribution in [3.05, 3.63) is 236 Å². The number of nitrogens with one attached hydrogen (secondary N) is 4. The van der Waals surface area contributed by atoms with Crippen molar-refractivity contribution in [1.82, 2.24) is 19.9 Å². The van der Waals surface area contributed by atoms with Crippen LogP contribution in [-0.2, 0) is 44.6 Å². The number of nitrogens with two attached hydrogens (primary N) is 4. The Labute approximate surface area is 580 Å². The fourth-order valence-electron chi connectivity index (χ4n) is 9.79. The van der Waals surface area contributed by atoms with Crippen LogP contribution in [0.3, 0.4) is 0 Å². The van der Waals surface area contributed by atoms with Crippen LogP contribution in [0.5, 0.6) is 0 Å². The van der Waals surface area contributed by atoms with E-state index in [9.17, 15) is 36.7 Å². The van der Waals surface area contributed by atoms with Crippen molar-refractivity contribution in [2.45, 2.75) is 75.5 Å². The number of pyridine rings is 4. The number of ether oxygens (including phenoxy) is 4. The lowest BCUT2D eigenvalue weighted by atomic mass is 10.1. The summed E-state index contributed by atoms with van der Waals surface area (Å²) in [5.74, 6) is -5.93. The van der Waals surface area contributed by atoms with E-state index >= 15 is 0 Å². The number of carbonyl (C=O) groups is 4. The lowest BCUT2D eigenvalue weighted by Crippen LogP contribution is -2.15. The van der Waals surface area contributed by atoms with Crippen LogP contribution < -0.4 is 44.2 Å². The molecule has 516 valence electrons. The fraction of sp³-hybridized carbons (Fsp3) is 0.232. The first-order chi connectivity index (χ1) is 48.2. The van der Waals surface area contributed by atoms with Gasteiger partial charge in [-0.15, -0.1) is 0 Å². The molecule has 4 atom stereocenters. The monoisotopic (exact) mass is 1410 g/mol. The summed E-state index contributed by atoms with van der Waals surface area (Å²) in [6, 6.07) is 40.1. The standard InChI is InChI=1S/C18H17N5O2.C17H16Cl2N4O2.2C17H16F2N4O2/c19-9-15-8-4-13(10-21-15)17(24)22-14-5-1-12(2-6-14)3-7-16-11-25-18(20)23-16;18-14-7-11(8-21-15(14)19)16(24)22-12-4-1-10(2-5-12)3-6-13-9-25-17(20)23-13;18-11-7-14(15(19)21-8-11)16(24)22-12-4-1-10(2-5-12)3-6-13-9-25-17(20)23-13;18-14-8-7-13(15(19)23-14)16(24)21-11-4-1-10(2-5-11)3-6-12-9-25-17(20)22-12/h1-2,4-6,8,10,16H,3,7,11H2,(H2,20,23)(H,22,24);2*1-2,4-5,7-8,13H,3,6,9H2,(H2,20,23)(H,22,24);1-2,4-5,7-8,12H,3,6,9H2,(H2,20,22)(H,21,24). The van der Waals surface area contributed by atoms with Crippen LogP contribution in [0, 0.1) is 35.0 Å². The van der Waals surface area contributed by atoms with Crippen molar-refractivity contribution >= 4 is 93.7 Å². The zero-order valence-corrected chi connectivity index (χ0v) is 54.6. The van der Waals surface area contributed by atoms with Gasteiger partial charge in [0.2, 0.25) is 17.8 Å². The van der Waals surface area contributed by atoms with Crippen LogP contribution >= 0.6 is 23.2 Å². The van der Waals surface area contributed by atoms with Gasteiger partial charge in [0, 0.05) is 35.1 Å². The van der Waals surface area contributed by atoms with Crippen LogP contribution in [0.2, 0.25) is 10.2 Å². The van der Waals surface area contributed by atoms with Gasteiger partial charge in [-0.05, 0) is 159 Å². The zero-order valence-electron chi connectivity index (χ0n) is 53.1. The van der Waals surface area contributed by atoms with Crippen molar-refractivity contribution in [3.8, 4) is 6.07 Å². The Morgan fingerprint density at radius 1 is 0.450 bits per heavy atom. The summed E-state index contributed by atoms with van der Waals surface area (Å²) in [7, 11) is 0. The van der Waals surface area contributed by atoms with Gasteiger partial charge in [-0.3, -0.25) is 19.2 Å². The molecule has 8 aromatic rings. The molecule has 4 aliphatic heterocycles. The van der Waals surface area contributed by atoms with E-state index in [4.69, 9.17) is 70.3 Å². The average Bonchev–Trinajstić information content (AvgIpc) is 1.30. The topological polar surface area (TPSA) is 382 Å². The Balaban J connectivity index is 0.000000156. The van der Waals surface area contributed by atoms with Crippen molar-refractivity contribution in [2.24, 2.45) is 42.9 Å². The molecule has 4 aromatic heterocycles. The second-order valence-electron chi connectivity index (χ2n) is 22.5. The highest BCUT2D eigenvalue weighted by Gasteiger charge is 2.22. The van der Waals surface area contributed by atoms with Gasteiger partial charge in [-0.2, -0.15) is 23.4 Å². The van der Waals surface area contributed by atoms with Gasteiger partial charge in [-0.1, -0.05) is 71.7 Å². The quantitative estimate of drug-likeness (QED) is 0.0260. The first-order valence-electron chi connectivity index (χ1n) is 30.9. The maximum Gasteiger partial charge on any atom is 0.282 e. The molecule has 0 saturated carbocycles. The van der Waals surface area contributed by atoms with E-state index in [1.165, 1.54) is 24.5 Å². The molecule has 25 nitrogen and oxygen atoms in total. The number of carbonyl (C=O) groups excluding carboxylic acids is 4. The first-order valence-corrected chi connectivity index (χ1v) is 31.7. The number of amides is 4. The van der Waals surface area contributed by atoms with Crippen molar-refractivity contribution in [3.63, 3.8) is 0 Å². The Kier molecular flexibility index (Phi) is 25.7. The molecule has 4 amide bonds. The molecule has 31 heteroatoms. The molecule has 4 aromatic carbocycles. The third-order valence-electron chi connectivity index (χ3n) is 15.2. The van der Waals surface area contributed by atoms with E-state index in [1.807, 2.05) is 78.9 Å². The van der Waals surface area contributed by atoms with E-state index in [1.54, 1.807) is 30.3 Å². The summed E-state index contributed by atoms with van der Waals surface area (Å²) in [5, 5.41) is 19.8. The number of benzene rings is 4. The molecule has 0 radical (unpaired) electrons. The smallest absolute Gasteiger partial charge is 0.282 e. The molecule has 4 unspecified atom stereocenters. The van der Waals surface area contributed by atoms with Crippen LogP contribution in [0.4, 0.5) is 40.3 Å². The highest BCUT2D eigenvalue weighted by Crippen LogP contribution is 2.24. The van der Waals surface area contributed by atoms with Crippen molar-refractivity contribution in [1.29, 1.82) is 5.26 Å². The van der Waals surface area contributed by atoms with Crippen LogP contribution in [0.15, 0.2) is 172 Å². The lowest BCUT2D eigenvalue weighted by molar-refractivity contribution is 0.101. The molecular formula is C69H65Cl2F4N17O8. The van der Waals surface area contributed by atoms with Gasteiger partial charge in [0.05, 0.1) is 57.6 Å². The molecular weight excluding hydrogens is 1340 g/mol. The maximum absolute atomic E-state index is 13.5. The fourth-order valence-corrected chi connectivity index (χ4v) is 10.1. The zero-order chi connectivity index (χ0) is 71.1. The van der Waals surface area contributed by atoms with E-state index in [0.717, 1.165) is 91.8 Å². The Morgan fingerprint density at radius 2 is 0.830 bits per heavy atom. The number of aryl methyl sites for hydroxylation is 4. The lowest BCUT2D eigenvalue weighted by Gasteiger charge is -2.08. The summed E-state index contributed by atoms with van der Waals surface area (Å²) in [6.45, 7) is 2.07. The Morgan fingerprint density at radius 3 is 1.18 bits per heavy atom. The Hall–Kier alpha value is -11.8. The molecule has 100 heavy (non-hydrogen) atoms. The van der Waals surface area contributed by atoms with Gasteiger partial charge in [0.25, 0.3) is 47.7 Å². The number of halogens is 6. The van der Waals surface area contributed by atoms with Gasteiger partial charge >= 0.3 is 0 Å². The van der Waals surface area contributed by atoms with Crippen LogP contribution in [0.1, 0.15) is 95.1 Å². The highest BCUT2D eigenvalue weighted by atomic mass is 35.5. The van der Waals surface area contributed by atoms with Crippen LogP contribution in [0.25, 0.3) is 0 Å². The highest BCUT2D eigenvalue weighted by molar-refractivity contribution is 6.41. The number of nitriles is 1. The number of amidine groups is 4. The number of anilines is 4. The minimum atomic E-state index is -1.15. The SMILES string of the molecule is N#Cc1ccc(C(=O)Nc2ccc(CCC3COC(N)=N3)cc2)cn1.NC1=NC(CCc2ccc(NC(=O)c3cc(F)cnc3F)cc2)CO1.NC1=NC(CCc2ccc(NC(=O)c3ccc(F)nc3F)cc2)CO1.NC1=NC(CCc2ccc(NC(=O)c3cnc(Cl)c(Cl)c3)cc2)CO1. The summed E-state index contributed by atoms with van der Waals surface area (Å²) < 4.78 is 73.3. The molecule has 0 aliphatic carbocycles. The molecule has 0 bridgehead atoms. The minimum absolute atomic E-state index is 0.0582. The Bertz CT molecular complexity index is 4360.